The standard InChI is InChI=1S/C37H46ClN5O2/c1-3-41(4-2)31-17-14-27-10-7-11-35(32(27)24-31)42-18-20-43(21-19-42)37(45)34(22-26-12-15-30(38)16-13-26)40-36(44)33-23-28-8-5-6-9-29(28)25-39-33/h5-13,15-16,31,33-34,39H,3-4,14,17-25H2,1-2H3,(H,40,44)/t31?,33-,34-/m1/s1. The summed E-state index contributed by atoms with van der Waals surface area (Å²) in [5.41, 5.74) is 7.65. The van der Waals surface area contributed by atoms with Gasteiger partial charge in [0.1, 0.15) is 6.04 Å². The molecule has 238 valence electrons. The molecule has 3 aromatic carbocycles. The summed E-state index contributed by atoms with van der Waals surface area (Å²) >= 11 is 6.15. The number of halogens is 1. The third-order valence-electron chi connectivity index (χ3n) is 10.1. The number of amides is 2. The predicted octanol–water partition coefficient (Wildman–Crippen LogP) is 4.63. The second-order valence-corrected chi connectivity index (χ2v) is 13.1. The highest BCUT2D eigenvalue weighted by Crippen LogP contribution is 2.33. The Morgan fingerprint density at radius 3 is 2.36 bits per heavy atom. The number of fused-ring (bicyclic) bond motifs is 2. The Balaban J connectivity index is 1.14. The van der Waals surface area contributed by atoms with Crippen LogP contribution in [0.5, 0.6) is 0 Å². The lowest BCUT2D eigenvalue weighted by atomic mass is 9.86. The van der Waals surface area contributed by atoms with E-state index >= 15 is 0 Å². The highest BCUT2D eigenvalue weighted by Gasteiger charge is 2.33. The van der Waals surface area contributed by atoms with Crippen LogP contribution in [0, 0.1) is 0 Å². The van der Waals surface area contributed by atoms with Gasteiger partial charge >= 0.3 is 0 Å². The van der Waals surface area contributed by atoms with Crippen molar-refractivity contribution in [2.24, 2.45) is 0 Å². The smallest absolute Gasteiger partial charge is 0.245 e. The van der Waals surface area contributed by atoms with E-state index in [4.69, 9.17) is 11.6 Å². The molecule has 2 heterocycles. The van der Waals surface area contributed by atoms with Crippen molar-refractivity contribution in [3.63, 3.8) is 0 Å². The molecule has 0 radical (unpaired) electrons. The number of carbonyl (C=O) groups is 2. The first-order valence-electron chi connectivity index (χ1n) is 16.7. The molecule has 2 N–H and O–H groups in total. The Morgan fingerprint density at radius 2 is 1.62 bits per heavy atom. The summed E-state index contributed by atoms with van der Waals surface area (Å²) < 4.78 is 0. The molecule has 1 fully saturated rings. The molecule has 2 aliphatic heterocycles. The quantitative estimate of drug-likeness (QED) is 0.362. The lowest BCUT2D eigenvalue weighted by Gasteiger charge is -2.40. The summed E-state index contributed by atoms with van der Waals surface area (Å²) in [6.45, 7) is 10.1. The maximum absolute atomic E-state index is 14.1. The maximum atomic E-state index is 14.1. The molecule has 6 rings (SSSR count). The number of rotatable bonds is 9. The van der Waals surface area contributed by atoms with Crippen LogP contribution in [0.15, 0.2) is 66.7 Å². The fraction of sp³-hybridized carbons (Fsp3) is 0.459. The number of piperazine rings is 1. The Hall–Kier alpha value is -3.39. The van der Waals surface area contributed by atoms with E-state index in [1.165, 1.54) is 34.4 Å². The normalized spacial score (nSPS) is 20.4. The fourth-order valence-corrected chi connectivity index (χ4v) is 7.58. The van der Waals surface area contributed by atoms with Gasteiger partial charge in [-0.2, -0.15) is 0 Å². The van der Waals surface area contributed by atoms with Crippen LogP contribution < -0.4 is 15.5 Å². The van der Waals surface area contributed by atoms with Gasteiger partial charge in [0.25, 0.3) is 0 Å². The fourth-order valence-electron chi connectivity index (χ4n) is 7.46. The first kappa shape index (κ1) is 31.6. The lowest BCUT2D eigenvalue weighted by Crippen LogP contribution is -2.58. The SMILES string of the molecule is CCN(CC)C1CCc2cccc(N3CCN(C(=O)[C@@H](Cc4ccc(Cl)cc4)NC(=O)[C@H]4Cc5ccccc5CN4)CC3)c2C1. The zero-order valence-corrected chi connectivity index (χ0v) is 27.4. The number of carbonyl (C=O) groups excluding carboxylic acids is 2. The second kappa shape index (κ2) is 14.4. The highest BCUT2D eigenvalue weighted by molar-refractivity contribution is 6.30. The maximum Gasteiger partial charge on any atom is 0.245 e. The summed E-state index contributed by atoms with van der Waals surface area (Å²) in [6.07, 6.45) is 4.45. The molecule has 45 heavy (non-hydrogen) atoms. The van der Waals surface area contributed by atoms with E-state index < -0.39 is 6.04 Å². The molecular formula is C37H46ClN5O2. The van der Waals surface area contributed by atoms with Crippen LogP contribution in [0.25, 0.3) is 0 Å². The van der Waals surface area contributed by atoms with Crippen molar-refractivity contribution in [2.75, 3.05) is 44.2 Å². The monoisotopic (exact) mass is 627 g/mol. The number of anilines is 1. The largest absolute Gasteiger partial charge is 0.368 e. The second-order valence-electron chi connectivity index (χ2n) is 12.6. The Morgan fingerprint density at radius 1 is 0.911 bits per heavy atom. The average molecular weight is 628 g/mol. The highest BCUT2D eigenvalue weighted by atomic mass is 35.5. The number of nitrogens with zero attached hydrogens (tertiary/aromatic N) is 3. The molecule has 3 aliphatic rings. The summed E-state index contributed by atoms with van der Waals surface area (Å²) in [7, 11) is 0. The van der Waals surface area contributed by atoms with Crippen LogP contribution in [-0.4, -0.2) is 79.0 Å². The van der Waals surface area contributed by atoms with Crippen molar-refractivity contribution in [3.8, 4) is 0 Å². The third-order valence-corrected chi connectivity index (χ3v) is 10.3. The van der Waals surface area contributed by atoms with E-state index in [0.717, 1.165) is 44.6 Å². The molecule has 0 aromatic heterocycles. The average Bonchev–Trinajstić information content (AvgIpc) is 3.08. The number of likely N-dealkylation sites (N-methyl/N-ethyl adjacent to an activating group) is 1. The molecule has 0 saturated carbocycles. The first-order chi connectivity index (χ1) is 21.9. The zero-order chi connectivity index (χ0) is 31.3. The molecule has 2 amide bonds. The number of nitrogens with one attached hydrogen (secondary N) is 2. The first-order valence-corrected chi connectivity index (χ1v) is 17.0. The van der Waals surface area contributed by atoms with Crippen LogP contribution in [0.3, 0.4) is 0 Å². The van der Waals surface area contributed by atoms with Crippen molar-refractivity contribution in [1.29, 1.82) is 0 Å². The summed E-state index contributed by atoms with van der Waals surface area (Å²) in [5.74, 6) is -0.153. The van der Waals surface area contributed by atoms with Crippen molar-refractivity contribution >= 4 is 29.1 Å². The summed E-state index contributed by atoms with van der Waals surface area (Å²) in [6, 6.07) is 22.1. The van der Waals surface area contributed by atoms with E-state index in [0.29, 0.717) is 43.5 Å². The zero-order valence-electron chi connectivity index (χ0n) is 26.6. The number of aryl methyl sites for hydroxylation is 1. The minimum Gasteiger partial charge on any atom is -0.368 e. The predicted molar refractivity (Wildman–Crippen MR) is 182 cm³/mol. The minimum atomic E-state index is -0.650. The van der Waals surface area contributed by atoms with Crippen LogP contribution in [-0.2, 0) is 41.8 Å². The third kappa shape index (κ3) is 7.21. The lowest BCUT2D eigenvalue weighted by molar-refractivity contribution is -0.137. The Labute approximate surface area is 272 Å². The summed E-state index contributed by atoms with van der Waals surface area (Å²) in [4.78, 5) is 34.6. The van der Waals surface area contributed by atoms with Gasteiger partial charge in [0, 0.05) is 55.9 Å². The van der Waals surface area contributed by atoms with Crippen molar-refractivity contribution < 1.29 is 9.59 Å². The molecule has 7 nitrogen and oxygen atoms in total. The van der Waals surface area contributed by atoms with Crippen molar-refractivity contribution in [2.45, 2.75) is 70.6 Å². The van der Waals surface area contributed by atoms with Crippen LogP contribution >= 0.6 is 11.6 Å². The van der Waals surface area contributed by atoms with Crippen molar-refractivity contribution in [3.05, 3.63) is 99.6 Å². The molecule has 8 heteroatoms. The van der Waals surface area contributed by atoms with Crippen LogP contribution in [0.2, 0.25) is 5.02 Å². The van der Waals surface area contributed by atoms with Gasteiger partial charge in [-0.05, 0) is 84.8 Å². The van der Waals surface area contributed by atoms with Crippen LogP contribution in [0.4, 0.5) is 5.69 Å². The van der Waals surface area contributed by atoms with Gasteiger partial charge in [0.15, 0.2) is 0 Å². The Kier molecular flexibility index (Phi) is 10.1. The molecule has 3 atom stereocenters. The van der Waals surface area contributed by atoms with Gasteiger partial charge in [-0.3, -0.25) is 9.59 Å². The number of hydrogen-bond acceptors (Lipinski definition) is 5. The van der Waals surface area contributed by atoms with E-state index in [2.05, 4.69) is 64.6 Å². The molecule has 1 unspecified atom stereocenters. The van der Waals surface area contributed by atoms with Gasteiger partial charge in [-0.25, -0.2) is 0 Å². The molecule has 1 aliphatic carbocycles. The van der Waals surface area contributed by atoms with Gasteiger partial charge in [0.05, 0.1) is 6.04 Å². The number of hydrogen-bond donors (Lipinski definition) is 2. The van der Waals surface area contributed by atoms with E-state index in [1.54, 1.807) is 0 Å². The van der Waals surface area contributed by atoms with E-state index in [9.17, 15) is 9.59 Å². The van der Waals surface area contributed by atoms with Crippen molar-refractivity contribution in [1.82, 2.24) is 20.4 Å². The van der Waals surface area contributed by atoms with E-state index in [-0.39, 0.29) is 17.9 Å². The topological polar surface area (TPSA) is 67.9 Å². The molecule has 0 spiro atoms. The summed E-state index contributed by atoms with van der Waals surface area (Å²) in [5, 5.41) is 7.17. The molecular weight excluding hydrogens is 582 g/mol. The van der Waals surface area contributed by atoms with Gasteiger partial charge < -0.3 is 25.3 Å². The molecule has 1 saturated heterocycles. The minimum absolute atomic E-state index is 0.0224. The van der Waals surface area contributed by atoms with E-state index in [1.807, 2.05) is 41.3 Å². The Bertz CT molecular complexity index is 1480. The van der Waals surface area contributed by atoms with Crippen LogP contribution in [0.1, 0.15) is 48.1 Å². The molecule has 3 aromatic rings. The van der Waals surface area contributed by atoms with Gasteiger partial charge in [-0.1, -0.05) is 74.0 Å². The molecule has 0 bridgehead atoms. The van der Waals surface area contributed by atoms with Gasteiger partial charge in [0.2, 0.25) is 11.8 Å². The number of benzene rings is 3. The van der Waals surface area contributed by atoms with Gasteiger partial charge in [-0.15, -0.1) is 0 Å².